The third-order valence-corrected chi connectivity index (χ3v) is 13.6. The summed E-state index contributed by atoms with van der Waals surface area (Å²) in [6.45, 7) is 0. The van der Waals surface area contributed by atoms with E-state index in [0.29, 0.717) is 17.5 Å². The Morgan fingerprint density at radius 3 is 1.35 bits per heavy atom. The average molecular weight is 882 g/mol. The maximum absolute atomic E-state index is 7.31. The molecule has 4 heterocycles. The van der Waals surface area contributed by atoms with Crippen molar-refractivity contribution in [3.8, 4) is 67.8 Å². The zero-order chi connectivity index (χ0) is 45.4. The van der Waals surface area contributed by atoms with Crippen molar-refractivity contribution in [3.63, 3.8) is 0 Å². The van der Waals surface area contributed by atoms with Crippen LogP contribution >= 0.6 is 0 Å². The van der Waals surface area contributed by atoms with E-state index < -0.39 is 0 Å². The van der Waals surface area contributed by atoms with Gasteiger partial charge in [-0.1, -0.05) is 194 Å². The van der Waals surface area contributed by atoms with E-state index in [1.807, 2.05) is 12.1 Å². The monoisotopic (exact) mass is 881 g/mol. The van der Waals surface area contributed by atoms with Crippen molar-refractivity contribution in [1.29, 1.82) is 0 Å². The molecule has 0 bridgehead atoms. The summed E-state index contributed by atoms with van der Waals surface area (Å²) >= 11 is 0. The van der Waals surface area contributed by atoms with Crippen LogP contribution < -0.4 is 0 Å². The van der Waals surface area contributed by atoms with Gasteiger partial charge in [-0.15, -0.1) is 0 Å². The standard InChI is InChI=1S/C63H39N5O/c1-4-16-40(17-5-1)42-30-34-44(35-31-42)61-64-62(45-36-32-43(33-37-45)41-18-6-2-7-19-41)66-63(65-61)52-25-15-28-55-57(52)51-39-38-50-49-24-14-29-56(59(49)69-60(50)58(51)67(55)46-20-8-3-9-21-46)68-53-26-12-10-22-47(53)48-23-11-13-27-54(48)68/h1-39H. The molecule has 0 aliphatic rings. The van der Waals surface area contributed by atoms with Crippen molar-refractivity contribution in [1.82, 2.24) is 24.1 Å². The van der Waals surface area contributed by atoms with Gasteiger partial charge in [0.05, 0.1) is 27.8 Å². The number of benzene rings is 10. The van der Waals surface area contributed by atoms with Crippen LogP contribution in [-0.4, -0.2) is 24.1 Å². The molecule has 4 aromatic heterocycles. The summed E-state index contributed by atoms with van der Waals surface area (Å²) in [5.74, 6) is 1.79. The molecule has 0 aliphatic heterocycles. The first-order chi connectivity index (χ1) is 34.2. The van der Waals surface area contributed by atoms with Gasteiger partial charge in [0.1, 0.15) is 0 Å². The van der Waals surface area contributed by atoms with Crippen LogP contribution in [0.3, 0.4) is 0 Å². The summed E-state index contributed by atoms with van der Waals surface area (Å²) in [6, 6.07) is 83.1. The maximum Gasteiger partial charge on any atom is 0.164 e. The van der Waals surface area contributed by atoms with Crippen LogP contribution in [0.4, 0.5) is 0 Å². The zero-order valence-electron chi connectivity index (χ0n) is 37.2. The van der Waals surface area contributed by atoms with Gasteiger partial charge in [0.15, 0.2) is 28.6 Å². The summed E-state index contributed by atoms with van der Waals surface area (Å²) in [4.78, 5) is 15.9. The van der Waals surface area contributed by atoms with Crippen molar-refractivity contribution in [2.75, 3.05) is 0 Å². The van der Waals surface area contributed by atoms with Gasteiger partial charge in [-0.25, -0.2) is 15.0 Å². The van der Waals surface area contributed by atoms with Crippen LogP contribution in [0.5, 0.6) is 0 Å². The molecule has 0 atom stereocenters. The quantitative estimate of drug-likeness (QED) is 0.160. The Labute approximate surface area is 396 Å². The van der Waals surface area contributed by atoms with Gasteiger partial charge < -0.3 is 13.6 Å². The molecule has 322 valence electrons. The first kappa shape index (κ1) is 38.8. The molecule has 0 amide bonds. The van der Waals surface area contributed by atoms with Gasteiger partial charge in [-0.2, -0.15) is 0 Å². The van der Waals surface area contributed by atoms with E-state index in [4.69, 9.17) is 19.4 Å². The van der Waals surface area contributed by atoms with Gasteiger partial charge in [0.2, 0.25) is 0 Å². The van der Waals surface area contributed by atoms with E-state index in [-0.39, 0.29) is 0 Å². The molecule has 14 rings (SSSR count). The lowest BCUT2D eigenvalue weighted by molar-refractivity contribution is 0.668. The largest absolute Gasteiger partial charge is 0.452 e. The Balaban J connectivity index is 1.01. The number of furan rings is 1. The lowest BCUT2D eigenvalue weighted by Crippen LogP contribution is -2.00. The molecule has 0 N–H and O–H groups in total. The summed E-state index contributed by atoms with van der Waals surface area (Å²) in [5, 5.41) is 6.58. The van der Waals surface area contributed by atoms with E-state index in [1.165, 1.54) is 10.8 Å². The molecule has 6 nitrogen and oxygen atoms in total. The fourth-order valence-corrected chi connectivity index (χ4v) is 10.4. The number of hydrogen-bond acceptors (Lipinski definition) is 4. The molecule has 0 spiro atoms. The zero-order valence-corrected chi connectivity index (χ0v) is 37.2. The second-order valence-corrected chi connectivity index (χ2v) is 17.5. The average Bonchev–Trinajstić information content (AvgIpc) is 4.10. The lowest BCUT2D eigenvalue weighted by Gasteiger charge is -2.11. The van der Waals surface area contributed by atoms with E-state index in [9.17, 15) is 0 Å². The number of hydrogen-bond donors (Lipinski definition) is 0. The number of rotatable bonds is 7. The van der Waals surface area contributed by atoms with Crippen LogP contribution in [0.25, 0.3) is 133 Å². The Morgan fingerprint density at radius 2 is 0.739 bits per heavy atom. The SMILES string of the molecule is c1ccc(-c2ccc(-c3nc(-c4ccc(-c5ccccc5)cc4)nc(-c4cccc5c4c4ccc6c7cccc(-n8c9ccccc9c9ccccc98)c7oc6c4n5-c4ccccc4)n3)cc2)cc1. The molecule has 0 radical (unpaired) electrons. The molecule has 0 aliphatic carbocycles. The second kappa shape index (κ2) is 15.6. The van der Waals surface area contributed by atoms with Gasteiger partial charge >= 0.3 is 0 Å². The first-order valence-corrected chi connectivity index (χ1v) is 23.3. The molecule has 0 saturated carbocycles. The molecule has 0 unspecified atom stereocenters. The molecule has 0 saturated heterocycles. The number of para-hydroxylation sites is 4. The van der Waals surface area contributed by atoms with Crippen LogP contribution in [0.2, 0.25) is 0 Å². The van der Waals surface area contributed by atoms with E-state index in [0.717, 1.165) is 105 Å². The van der Waals surface area contributed by atoms with Crippen molar-refractivity contribution >= 4 is 65.6 Å². The highest BCUT2D eigenvalue weighted by atomic mass is 16.3. The van der Waals surface area contributed by atoms with Gasteiger partial charge in [-0.05, 0) is 64.7 Å². The van der Waals surface area contributed by atoms with Crippen LogP contribution in [0, 0.1) is 0 Å². The molecule has 0 fully saturated rings. The topological polar surface area (TPSA) is 61.7 Å². The Kier molecular flexibility index (Phi) is 8.79. The predicted octanol–water partition coefficient (Wildman–Crippen LogP) is 16.3. The normalized spacial score (nSPS) is 11.8. The summed E-state index contributed by atoms with van der Waals surface area (Å²) < 4.78 is 12.0. The smallest absolute Gasteiger partial charge is 0.164 e. The van der Waals surface area contributed by atoms with E-state index >= 15 is 0 Å². The van der Waals surface area contributed by atoms with Gasteiger partial charge in [0.25, 0.3) is 0 Å². The number of nitrogens with zero attached hydrogens (tertiary/aromatic N) is 5. The minimum absolute atomic E-state index is 0.588. The highest BCUT2D eigenvalue weighted by Gasteiger charge is 2.25. The Bertz CT molecular complexity index is 4110. The minimum atomic E-state index is 0.588. The van der Waals surface area contributed by atoms with E-state index in [1.54, 1.807) is 0 Å². The van der Waals surface area contributed by atoms with Gasteiger partial charge in [0, 0.05) is 54.7 Å². The minimum Gasteiger partial charge on any atom is -0.452 e. The molecular formula is C63H39N5O. The molecule has 14 aromatic rings. The first-order valence-electron chi connectivity index (χ1n) is 23.3. The van der Waals surface area contributed by atoms with Crippen molar-refractivity contribution < 1.29 is 4.42 Å². The summed E-state index contributed by atoms with van der Waals surface area (Å²) in [5.41, 5.74) is 15.2. The highest BCUT2D eigenvalue weighted by molar-refractivity contribution is 6.24. The van der Waals surface area contributed by atoms with Crippen molar-refractivity contribution in [2.24, 2.45) is 0 Å². The highest BCUT2D eigenvalue weighted by Crippen LogP contribution is 2.45. The number of fused-ring (bicyclic) bond motifs is 10. The Hall–Kier alpha value is -9.39. The van der Waals surface area contributed by atoms with Gasteiger partial charge in [-0.3, -0.25) is 0 Å². The molecular weight excluding hydrogens is 843 g/mol. The van der Waals surface area contributed by atoms with Crippen molar-refractivity contribution in [2.45, 2.75) is 0 Å². The fraction of sp³-hybridized carbons (Fsp3) is 0. The molecule has 10 aromatic carbocycles. The third kappa shape index (κ3) is 6.23. The van der Waals surface area contributed by atoms with Crippen LogP contribution in [-0.2, 0) is 0 Å². The summed E-state index contributed by atoms with van der Waals surface area (Å²) in [7, 11) is 0. The van der Waals surface area contributed by atoms with E-state index in [2.05, 4.69) is 234 Å². The molecule has 69 heavy (non-hydrogen) atoms. The summed E-state index contributed by atoms with van der Waals surface area (Å²) in [6.07, 6.45) is 0. The predicted molar refractivity (Wildman–Crippen MR) is 283 cm³/mol. The van der Waals surface area contributed by atoms with Crippen LogP contribution in [0.15, 0.2) is 241 Å². The maximum atomic E-state index is 7.31. The molecule has 6 heteroatoms. The number of aromatic nitrogens is 5. The Morgan fingerprint density at radius 1 is 0.290 bits per heavy atom. The second-order valence-electron chi connectivity index (χ2n) is 17.5. The van der Waals surface area contributed by atoms with Crippen LogP contribution in [0.1, 0.15) is 0 Å². The fourth-order valence-electron chi connectivity index (χ4n) is 10.4. The van der Waals surface area contributed by atoms with Crippen molar-refractivity contribution in [3.05, 3.63) is 237 Å². The third-order valence-electron chi connectivity index (χ3n) is 13.6. The lowest BCUT2D eigenvalue weighted by atomic mass is 10.0.